The number of Topliss-reactive ketones (excluding diaryl/α,β-unsaturated/α-hetero) is 2. The molecule has 3 atom stereocenters. The quantitative estimate of drug-likeness (QED) is 0.493. The molecule has 2 aromatic carbocycles. The van der Waals surface area contributed by atoms with E-state index in [4.69, 9.17) is 16.3 Å². The first kappa shape index (κ1) is 20.8. The van der Waals surface area contributed by atoms with E-state index in [-0.39, 0.29) is 23.1 Å². The van der Waals surface area contributed by atoms with Crippen LogP contribution in [0.25, 0.3) is 0 Å². The summed E-state index contributed by atoms with van der Waals surface area (Å²) in [5.41, 5.74) is -0.896. The second-order valence-corrected chi connectivity index (χ2v) is 9.81. The molecule has 2 aliphatic carbocycles. The normalized spacial score (nSPS) is 28.6. The molecule has 6 rings (SSSR count). The van der Waals surface area contributed by atoms with E-state index in [9.17, 15) is 19.2 Å². The number of hydrogen-bond acceptors (Lipinski definition) is 5. The van der Waals surface area contributed by atoms with Gasteiger partial charge in [0.1, 0.15) is 0 Å². The van der Waals surface area contributed by atoms with Gasteiger partial charge in [-0.25, -0.2) is 0 Å². The molecule has 2 aliphatic heterocycles. The van der Waals surface area contributed by atoms with Crippen molar-refractivity contribution in [2.75, 3.05) is 0 Å². The molecule has 168 valence electrons. The molecule has 3 fully saturated rings. The largest absolute Gasteiger partial charge is 0.349 e. The van der Waals surface area contributed by atoms with E-state index in [1.165, 1.54) is 4.90 Å². The summed E-state index contributed by atoms with van der Waals surface area (Å²) in [6.07, 6.45) is 3.58. The number of rotatable bonds is 2. The Kier molecular flexibility index (Phi) is 4.61. The number of likely N-dealkylation sites (tertiary alicyclic amines) is 1. The lowest BCUT2D eigenvalue weighted by molar-refractivity contribution is -0.148. The van der Waals surface area contributed by atoms with E-state index in [0.29, 0.717) is 10.6 Å². The predicted octanol–water partition coefficient (Wildman–Crippen LogP) is 4.16. The first-order chi connectivity index (χ1) is 15.9. The van der Waals surface area contributed by atoms with Gasteiger partial charge in [0, 0.05) is 22.2 Å². The molecule has 4 aliphatic rings. The lowest BCUT2D eigenvalue weighted by Crippen LogP contribution is -2.52. The van der Waals surface area contributed by atoms with Crippen molar-refractivity contribution in [3.05, 3.63) is 70.2 Å². The molecule has 2 aromatic rings. The molecule has 6 nitrogen and oxygen atoms in total. The zero-order valence-corrected chi connectivity index (χ0v) is 18.6. The molecule has 1 spiro atoms. The molecule has 2 heterocycles. The maximum absolute atomic E-state index is 13.8. The Labute approximate surface area is 195 Å². The van der Waals surface area contributed by atoms with Crippen molar-refractivity contribution in [2.24, 2.45) is 11.8 Å². The van der Waals surface area contributed by atoms with Crippen LogP contribution in [0.2, 0.25) is 5.02 Å². The van der Waals surface area contributed by atoms with Gasteiger partial charge in [0.15, 0.2) is 0 Å². The molecule has 0 unspecified atom stereocenters. The van der Waals surface area contributed by atoms with E-state index in [1.54, 1.807) is 48.5 Å². The first-order valence-corrected chi connectivity index (χ1v) is 11.8. The van der Waals surface area contributed by atoms with Crippen LogP contribution in [0.3, 0.4) is 0 Å². The van der Waals surface area contributed by atoms with Gasteiger partial charge < -0.3 is 4.74 Å². The summed E-state index contributed by atoms with van der Waals surface area (Å²) in [5, 5.41) is 0.515. The summed E-state index contributed by atoms with van der Waals surface area (Å²) < 4.78 is 6.28. The van der Waals surface area contributed by atoms with Crippen LogP contribution in [0.5, 0.6) is 0 Å². The smallest absolute Gasteiger partial charge is 0.237 e. The fourth-order valence-electron chi connectivity index (χ4n) is 6.19. The fraction of sp³-hybridized carbons (Fsp3) is 0.385. The molecule has 33 heavy (non-hydrogen) atoms. The van der Waals surface area contributed by atoms with Gasteiger partial charge in [-0.05, 0) is 30.5 Å². The number of imide groups is 1. The molecule has 0 N–H and O–H groups in total. The highest BCUT2D eigenvalue weighted by molar-refractivity contribution is 6.35. The monoisotopic (exact) mass is 463 g/mol. The van der Waals surface area contributed by atoms with Crippen LogP contribution in [0.4, 0.5) is 0 Å². The van der Waals surface area contributed by atoms with E-state index < -0.39 is 41.0 Å². The minimum absolute atomic E-state index is 0.193. The number of ketones is 2. The number of carbonyl (C=O) groups is 4. The van der Waals surface area contributed by atoms with Gasteiger partial charge in [0.25, 0.3) is 0 Å². The average Bonchev–Trinajstić information content (AvgIpc) is 3.40. The molecular weight excluding hydrogens is 442 g/mol. The lowest BCUT2D eigenvalue weighted by Gasteiger charge is -2.33. The van der Waals surface area contributed by atoms with E-state index in [0.717, 1.165) is 32.1 Å². The van der Waals surface area contributed by atoms with Crippen LogP contribution in [0.1, 0.15) is 64.5 Å². The average molecular weight is 464 g/mol. The highest BCUT2D eigenvalue weighted by atomic mass is 35.5. The Morgan fingerprint density at radius 3 is 2.03 bits per heavy atom. The first-order valence-electron chi connectivity index (χ1n) is 11.4. The van der Waals surface area contributed by atoms with Gasteiger partial charge in [0.2, 0.25) is 29.0 Å². The van der Waals surface area contributed by atoms with Crippen LogP contribution >= 0.6 is 11.6 Å². The zero-order chi connectivity index (χ0) is 22.9. The Bertz CT molecular complexity index is 1160. The van der Waals surface area contributed by atoms with Gasteiger partial charge in [-0.15, -0.1) is 0 Å². The van der Waals surface area contributed by atoms with Gasteiger partial charge >= 0.3 is 0 Å². The summed E-state index contributed by atoms with van der Waals surface area (Å²) in [6.45, 7) is 0. The van der Waals surface area contributed by atoms with Crippen LogP contribution in [0.15, 0.2) is 48.5 Å². The predicted molar refractivity (Wildman–Crippen MR) is 119 cm³/mol. The SMILES string of the molecule is O=C1[C@H]2[C@@H](c3ccc(Cl)cc3)OC3(C(=O)c4ccccc4C3=O)[C@H]2C(=O)N1C1CCCCC1. The number of carbonyl (C=O) groups excluding carboxylic acids is 4. The van der Waals surface area contributed by atoms with Gasteiger partial charge in [-0.2, -0.15) is 0 Å². The third kappa shape index (κ3) is 2.71. The number of halogens is 1. The number of amides is 2. The van der Waals surface area contributed by atoms with Crippen molar-refractivity contribution in [2.45, 2.75) is 49.9 Å². The molecule has 2 amide bonds. The number of hydrogen-bond donors (Lipinski definition) is 0. The van der Waals surface area contributed by atoms with Crippen molar-refractivity contribution >= 4 is 35.0 Å². The highest BCUT2D eigenvalue weighted by Gasteiger charge is 2.75. The van der Waals surface area contributed by atoms with Crippen LogP contribution in [-0.2, 0) is 14.3 Å². The van der Waals surface area contributed by atoms with Gasteiger partial charge in [0.05, 0.1) is 17.9 Å². The Morgan fingerprint density at radius 1 is 0.818 bits per heavy atom. The summed E-state index contributed by atoms with van der Waals surface area (Å²) in [4.78, 5) is 56.3. The van der Waals surface area contributed by atoms with E-state index >= 15 is 0 Å². The highest BCUT2D eigenvalue weighted by Crippen LogP contribution is 2.57. The summed E-state index contributed by atoms with van der Waals surface area (Å²) in [5.74, 6) is -3.95. The number of nitrogens with zero attached hydrogens (tertiary/aromatic N) is 1. The van der Waals surface area contributed by atoms with Crippen molar-refractivity contribution in [1.29, 1.82) is 0 Å². The van der Waals surface area contributed by atoms with Crippen molar-refractivity contribution in [1.82, 2.24) is 4.90 Å². The van der Waals surface area contributed by atoms with Crippen molar-refractivity contribution in [3.63, 3.8) is 0 Å². The summed E-state index contributed by atoms with van der Waals surface area (Å²) >= 11 is 6.06. The molecule has 1 saturated carbocycles. The Hall–Kier alpha value is -2.83. The van der Waals surface area contributed by atoms with Crippen molar-refractivity contribution < 1.29 is 23.9 Å². The molecule has 0 aromatic heterocycles. The molecular formula is C26H22ClNO5. The number of ether oxygens (including phenoxy) is 1. The van der Waals surface area contributed by atoms with Gasteiger partial charge in [-0.3, -0.25) is 24.1 Å². The summed E-state index contributed by atoms with van der Waals surface area (Å²) in [7, 11) is 0. The topological polar surface area (TPSA) is 80.8 Å². The summed E-state index contributed by atoms with van der Waals surface area (Å²) in [6, 6.07) is 13.1. The van der Waals surface area contributed by atoms with Crippen LogP contribution in [-0.4, -0.2) is 39.9 Å². The molecule has 0 bridgehead atoms. The number of fused-ring (bicyclic) bond motifs is 3. The Balaban J connectivity index is 1.50. The van der Waals surface area contributed by atoms with Crippen molar-refractivity contribution in [3.8, 4) is 0 Å². The lowest BCUT2D eigenvalue weighted by atomic mass is 9.77. The third-order valence-corrected chi connectivity index (χ3v) is 7.94. The molecule has 0 radical (unpaired) electrons. The Morgan fingerprint density at radius 2 is 1.42 bits per heavy atom. The zero-order valence-electron chi connectivity index (χ0n) is 17.8. The molecule has 7 heteroatoms. The van der Waals surface area contributed by atoms with Crippen LogP contribution < -0.4 is 0 Å². The van der Waals surface area contributed by atoms with E-state index in [1.807, 2.05) is 0 Å². The molecule has 2 saturated heterocycles. The second kappa shape index (κ2) is 7.34. The fourth-order valence-corrected chi connectivity index (χ4v) is 6.32. The maximum atomic E-state index is 13.8. The van der Waals surface area contributed by atoms with Crippen LogP contribution in [0, 0.1) is 11.8 Å². The second-order valence-electron chi connectivity index (χ2n) is 9.37. The standard InChI is InChI=1S/C26H22ClNO5/c27-15-12-10-14(11-13-15)21-19-20(25(32)28(24(19)31)16-6-2-1-3-7-16)26(33-21)22(29)17-8-4-5-9-18(17)23(26)30/h4-5,8-13,16,19-21H,1-3,6-7H2/t19-,20-,21-/m1/s1. The minimum atomic E-state index is -2.01. The maximum Gasteiger partial charge on any atom is 0.237 e. The third-order valence-electron chi connectivity index (χ3n) is 7.69. The van der Waals surface area contributed by atoms with E-state index in [2.05, 4.69) is 0 Å². The number of benzene rings is 2. The van der Waals surface area contributed by atoms with Gasteiger partial charge in [-0.1, -0.05) is 67.3 Å². The minimum Gasteiger partial charge on any atom is -0.349 e.